The van der Waals surface area contributed by atoms with E-state index in [9.17, 15) is 0 Å². The van der Waals surface area contributed by atoms with Crippen LogP contribution in [0, 0.1) is 0 Å². The number of nitrogens with two attached hydrogens (primary N) is 1. The molecule has 2 bridgehead atoms. The Morgan fingerprint density at radius 2 is 2.40 bits per heavy atom. The number of hydrogen-bond acceptors (Lipinski definition) is 2. The van der Waals surface area contributed by atoms with E-state index in [4.69, 9.17) is 5.73 Å². The number of hydrogen-bond donors (Lipinski definition) is 2. The van der Waals surface area contributed by atoms with Crippen LogP contribution in [0.1, 0.15) is 26.2 Å². The first kappa shape index (κ1) is 6.23. The van der Waals surface area contributed by atoms with E-state index in [1.807, 2.05) is 0 Å². The van der Waals surface area contributed by atoms with E-state index < -0.39 is 0 Å². The van der Waals surface area contributed by atoms with Crippen LogP contribution in [0.4, 0.5) is 0 Å². The van der Waals surface area contributed by atoms with Gasteiger partial charge in [0.15, 0.2) is 0 Å². The lowest BCUT2D eigenvalue weighted by Crippen LogP contribution is -2.47. The van der Waals surface area contributed by atoms with E-state index in [2.05, 4.69) is 12.2 Å². The van der Waals surface area contributed by atoms with Gasteiger partial charge >= 0.3 is 0 Å². The van der Waals surface area contributed by atoms with Crippen LogP contribution in [0.15, 0.2) is 11.3 Å². The van der Waals surface area contributed by atoms with E-state index in [1.165, 1.54) is 18.4 Å². The summed E-state index contributed by atoms with van der Waals surface area (Å²) >= 11 is 0. The summed E-state index contributed by atoms with van der Waals surface area (Å²) in [5, 5.41) is 3.51. The lowest BCUT2D eigenvalue weighted by molar-refractivity contribution is 0.359. The predicted molar refractivity (Wildman–Crippen MR) is 41.5 cm³/mol. The zero-order chi connectivity index (χ0) is 7.14. The molecule has 0 aromatic rings. The molecule has 0 aromatic carbocycles. The summed E-state index contributed by atoms with van der Waals surface area (Å²) < 4.78 is 0. The zero-order valence-corrected chi connectivity index (χ0v) is 6.35. The third-order valence-electron chi connectivity index (χ3n) is 2.65. The highest BCUT2D eigenvalue weighted by Gasteiger charge is 2.29. The normalized spacial score (nSPS) is 38.9. The number of nitrogens with one attached hydrogen (secondary N) is 1. The Bertz CT molecular complexity index is 184. The van der Waals surface area contributed by atoms with Gasteiger partial charge in [-0.05, 0) is 25.3 Å². The molecule has 1 saturated heterocycles. The van der Waals surface area contributed by atoms with Crippen molar-refractivity contribution in [3.8, 4) is 0 Å². The van der Waals surface area contributed by atoms with Crippen molar-refractivity contribution >= 4 is 0 Å². The molecular formula is C8H14N2. The molecular weight excluding hydrogens is 124 g/mol. The highest BCUT2D eigenvalue weighted by Crippen LogP contribution is 2.30. The minimum absolute atomic E-state index is 0.549. The fourth-order valence-corrected chi connectivity index (χ4v) is 2.08. The molecule has 3 N–H and O–H groups in total. The molecule has 0 aromatic heterocycles. The standard InChI is InChI=1S/C8H14N2/c1-5-7-3-2-6(10-5)4-8(7)9/h5-6,10H,2-4,9H2,1H3. The molecule has 2 nitrogen and oxygen atoms in total. The second-order valence-corrected chi connectivity index (χ2v) is 3.38. The number of fused-ring (bicyclic) bond motifs is 3. The van der Waals surface area contributed by atoms with Gasteiger partial charge in [-0.25, -0.2) is 0 Å². The van der Waals surface area contributed by atoms with Crippen LogP contribution in [0.25, 0.3) is 0 Å². The lowest BCUT2D eigenvalue weighted by Gasteiger charge is -2.38. The first-order valence-corrected chi connectivity index (χ1v) is 4.01. The Kier molecular flexibility index (Phi) is 1.24. The maximum atomic E-state index is 5.85. The molecule has 56 valence electrons. The fourth-order valence-electron chi connectivity index (χ4n) is 2.08. The summed E-state index contributed by atoms with van der Waals surface area (Å²) in [5.41, 5.74) is 8.47. The quantitative estimate of drug-likeness (QED) is 0.518. The van der Waals surface area contributed by atoms with Crippen LogP contribution in [0.5, 0.6) is 0 Å². The van der Waals surface area contributed by atoms with Crippen molar-refractivity contribution in [3.05, 3.63) is 11.3 Å². The van der Waals surface area contributed by atoms with Gasteiger partial charge < -0.3 is 11.1 Å². The molecule has 0 amide bonds. The van der Waals surface area contributed by atoms with Gasteiger partial charge in [-0.2, -0.15) is 0 Å². The highest BCUT2D eigenvalue weighted by atomic mass is 15.0. The van der Waals surface area contributed by atoms with Gasteiger partial charge in [-0.1, -0.05) is 0 Å². The first-order valence-electron chi connectivity index (χ1n) is 4.01. The topological polar surface area (TPSA) is 38.0 Å². The Balaban J connectivity index is 2.32. The molecule has 10 heavy (non-hydrogen) atoms. The van der Waals surface area contributed by atoms with Crippen LogP contribution in [-0.2, 0) is 0 Å². The Morgan fingerprint density at radius 3 is 2.80 bits per heavy atom. The fraction of sp³-hybridized carbons (Fsp3) is 0.750. The SMILES string of the molecule is CC1NC2CCC1=C(N)C2. The molecule has 1 aliphatic carbocycles. The van der Waals surface area contributed by atoms with E-state index in [0.717, 1.165) is 12.1 Å². The molecule has 2 aliphatic heterocycles. The minimum Gasteiger partial charge on any atom is -0.402 e. The van der Waals surface area contributed by atoms with Crippen LogP contribution >= 0.6 is 0 Å². The summed E-state index contributed by atoms with van der Waals surface area (Å²) in [7, 11) is 0. The molecule has 2 unspecified atom stereocenters. The summed E-state index contributed by atoms with van der Waals surface area (Å²) in [4.78, 5) is 0. The molecule has 3 rings (SSSR count). The Morgan fingerprint density at radius 1 is 1.60 bits per heavy atom. The Hall–Kier alpha value is -0.500. The van der Waals surface area contributed by atoms with Crippen LogP contribution in [0.2, 0.25) is 0 Å². The third kappa shape index (κ3) is 0.754. The van der Waals surface area contributed by atoms with Crippen LogP contribution < -0.4 is 11.1 Å². The van der Waals surface area contributed by atoms with Gasteiger partial charge in [-0.15, -0.1) is 0 Å². The highest BCUT2D eigenvalue weighted by molar-refractivity contribution is 5.25. The summed E-state index contributed by atoms with van der Waals surface area (Å²) in [6.45, 7) is 2.20. The second-order valence-electron chi connectivity index (χ2n) is 3.38. The predicted octanol–water partition coefficient (Wildman–Crippen LogP) is 0.743. The van der Waals surface area contributed by atoms with Gasteiger partial charge in [0.05, 0.1) is 0 Å². The lowest BCUT2D eigenvalue weighted by atomic mass is 9.83. The van der Waals surface area contributed by atoms with Gasteiger partial charge in [0.25, 0.3) is 0 Å². The van der Waals surface area contributed by atoms with Crippen molar-refractivity contribution in [1.82, 2.24) is 5.32 Å². The van der Waals surface area contributed by atoms with Crippen molar-refractivity contribution in [2.24, 2.45) is 5.73 Å². The third-order valence-corrected chi connectivity index (χ3v) is 2.65. The molecule has 1 fully saturated rings. The van der Waals surface area contributed by atoms with Gasteiger partial charge in [0.1, 0.15) is 0 Å². The van der Waals surface area contributed by atoms with E-state index in [-0.39, 0.29) is 0 Å². The first-order chi connectivity index (χ1) is 4.77. The summed E-state index contributed by atoms with van der Waals surface area (Å²) in [6.07, 6.45) is 3.60. The van der Waals surface area contributed by atoms with Crippen molar-refractivity contribution in [3.63, 3.8) is 0 Å². The summed E-state index contributed by atoms with van der Waals surface area (Å²) in [6, 6.07) is 1.22. The van der Waals surface area contributed by atoms with Crippen molar-refractivity contribution in [2.75, 3.05) is 0 Å². The molecule has 0 spiro atoms. The average Bonchev–Trinajstić information content (AvgIpc) is 1.86. The molecule has 3 aliphatic rings. The number of piperidine rings is 1. The van der Waals surface area contributed by atoms with E-state index >= 15 is 0 Å². The molecule has 2 atom stereocenters. The van der Waals surface area contributed by atoms with Crippen molar-refractivity contribution in [2.45, 2.75) is 38.3 Å². The van der Waals surface area contributed by atoms with Gasteiger partial charge in [-0.3, -0.25) is 0 Å². The molecule has 2 heteroatoms. The number of rotatable bonds is 0. The largest absolute Gasteiger partial charge is 0.402 e. The minimum atomic E-state index is 0.549. The van der Waals surface area contributed by atoms with Crippen molar-refractivity contribution in [1.29, 1.82) is 0 Å². The van der Waals surface area contributed by atoms with E-state index in [0.29, 0.717) is 12.1 Å². The molecule has 0 radical (unpaired) electrons. The zero-order valence-electron chi connectivity index (χ0n) is 6.35. The van der Waals surface area contributed by atoms with Gasteiger partial charge in [0.2, 0.25) is 0 Å². The second kappa shape index (κ2) is 1.99. The smallest absolute Gasteiger partial charge is 0.0273 e. The maximum absolute atomic E-state index is 5.85. The Labute approximate surface area is 61.5 Å². The van der Waals surface area contributed by atoms with E-state index in [1.54, 1.807) is 0 Å². The maximum Gasteiger partial charge on any atom is 0.0273 e. The van der Waals surface area contributed by atoms with Crippen molar-refractivity contribution < 1.29 is 0 Å². The molecule has 0 saturated carbocycles. The molecule has 2 heterocycles. The van der Waals surface area contributed by atoms with Gasteiger partial charge in [0, 0.05) is 24.2 Å². The van der Waals surface area contributed by atoms with Crippen LogP contribution in [-0.4, -0.2) is 12.1 Å². The van der Waals surface area contributed by atoms with Crippen LogP contribution in [0.3, 0.4) is 0 Å². The summed E-state index contributed by atoms with van der Waals surface area (Å²) in [5.74, 6) is 0. The average molecular weight is 138 g/mol. The monoisotopic (exact) mass is 138 g/mol.